The van der Waals surface area contributed by atoms with Crippen LogP contribution in [-0.4, -0.2) is 8.96 Å². The van der Waals surface area contributed by atoms with Crippen LogP contribution in [-0.2, 0) is 21.8 Å². The molecule has 4 aromatic rings. The Balaban J connectivity index is 1.72. The monoisotopic (exact) mass is 581 g/mol. The van der Waals surface area contributed by atoms with E-state index in [1.54, 1.807) is 0 Å². The summed E-state index contributed by atoms with van der Waals surface area (Å²) in [6, 6.07) is 37.3. The second-order valence-corrected chi connectivity index (χ2v) is 17.8. The second kappa shape index (κ2) is 11.6. The van der Waals surface area contributed by atoms with Crippen molar-refractivity contribution in [3.05, 3.63) is 125 Å². The molecule has 5 rings (SSSR count). The van der Waals surface area contributed by atoms with Gasteiger partial charge >= 0.3 is 0 Å². The molecule has 4 heteroatoms. The lowest BCUT2D eigenvalue weighted by Gasteiger charge is -2.42. The third kappa shape index (κ3) is 6.29. The van der Waals surface area contributed by atoms with E-state index in [2.05, 4.69) is 136 Å². The molecule has 0 aromatic heterocycles. The van der Waals surface area contributed by atoms with Gasteiger partial charge in [0.15, 0.2) is 0 Å². The maximum Gasteiger partial charge on any atom is 0.0979 e. The van der Waals surface area contributed by atoms with Crippen molar-refractivity contribution in [2.45, 2.75) is 82.9 Å². The van der Waals surface area contributed by atoms with Gasteiger partial charge in [-0.15, -0.1) is 0 Å². The van der Waals surface area contributed by atoms with Crippen molar-refractivity contribution in [3.63, 3.8) is 0 Å². The van der Waals surface area contributed by atoms with Crippen LogP contribution in [0.5, 0.6) is 0 Å². The first-order valence-electron chi connectivity index (χ1n) is 14.7. The normalized spacial score (nSPS) is 17.6. The fraction of sp³-hybridized carbons (Fsp3) is 0.351. The summed E-state index contributed by atoms with van der Waals surface area (Å²) in [7, 11) is -2.08. The molecule has 0 amide bonds. The average Bonchev–Trinajstić information content (AvgIpc) is 2.95. The fourth-order valence-corrected chi connectivity index (χ4v) is 9.22. The third-order valence-corrected chi connectivity index (χ3v) is 12.6. The Labute approximate surface area is 251 Å². The van der Waals surface area contributed by atoms with E-state index in [1.807, 2.05) is 20.8 Å². The van der Waals surface area contributed by atoms with E-state index in [-0.39, 0.29) is 16.9 Å². The molecule has 2 nitrogen and oxygen atoms in total. The molecule has 1 aliphatic rings. The van der Waals surface area contributed by atoms with Crippen LogP contribution in [0.2, 0.25) is 0 Å². The van der Waals surface area contributed by atoms with Crippen molar-refractivity contribution in [1.82, 2.24) is 4.72 Å². The minimum Gasteiger partial charge on any atom is -0.242 e. The van der Waals surface area contributed by atoms with Gasteiger partial charge in [0.25, 0.3) is 0 Å². The minimum absolute atomic E-state index is 0.0921. The summed E-state index contributed by atoms with van der Waals surface area (Å²) in [5, 5.41) is 3.91. The van der Waals surface area contributed by atoms with Crippen LogP contribution < -0.4 is 20.6 Å². The second-order valence-electron chi connectivity index (χ2n) is 13.6. The Morgan fingerprint density at radius 3 is 1.78 bits per heavy atom. The lowest BCUT2D eigenvalue weighted by atomic mass is 9.63. The largest absolute Gasteiger partial charge is 0.242 e. The van der Waals surface area contributed by atoms with Gasteiger partial charge in [0.1, 0.15) is 0 Å². The van der Waals surface area contributed by atoms with Crippen LogP contribution in [0.4, 0.5) is 0 Å². The first kappa shape index (κ1) is 29.9. The Morgan fingerprint density at radius 1 is 0.707 bits per heavy atom. The molecule has 1 unspecified atom stereocenters. The van der Waals surface area contributed by atoms with Gasteiger partial charge in [-0.05, 0) is 90.5 Å². The Morgan fingerprint density at radius 2 is 1.22 bits per heavy atom. The van der Waals surface area contributed by atoms with Crippen LogP contribution in [0.3, 0.4) is 0 Å². The Bertz CT molecular complexity index is 1480. The van der Waals surface area contributed by atoms with Crippen LogP contribution in [0.15, 0.2) is 103 Å². The smallest absolute Gasteiger partial charge is 0.0979 e. The van der Waals surface area contributed by atoms with Crippen molar-refractivity contribution in [2.24, 2.45) is 0 Å². The van der Waals surface area contributed by atoms with Gasteiger partial charge in [-0.3, -0.25) is 0 Å². The highest BCUT2D eigenvalue weighted by Crippen LogP contribution is 2.47. The van der Waals surface area contributed by atoms with Crippen LogP contribution >= 0.6 is 7.92 Å². The molecule has 0 saturated heterocycles. The molecule has 0 radical (unpaired) electrons. The molecule has 2 atom stereocenters. The maximum absolute atomic E-state index is 13.8. The predicted molar refractivity (Wildman–Crippen MR) is 180 cm³/mol. The molecule has 0 heterocycles. The fourth-order valence-electron chi connectivity index (χ4n) is 5.90. The predicted octanol–water partition coefficient (Wildman–Crippen LogP) is 7.94. The number of hydrogen-bond acceptors (Lipinski definition) is 1. The van der Waals surface area contributed by atoms with Gasteiger partial charge in [-0.1, -0.05) is 131 Å². The quantitative estimate of drug-likeness (QED) is 0.221. The van der Waals surface area contributed by atoms with Gasteiger partial charge in [0.2, 0.25) is 0 Å². The third-order valence-electron chi connectivity index (χ3n) is 8.51. The van der Waals surface area contributed by atoms with E-state index in [4.69, 9.17) is 0 Å². The van der Waals surface area contributed by atoms with E-state index in [0.717, 1.165) is 6.42 Å². The Kier molecular flexibility index (Phi) is 8.46. The minimum atomic E-state index is -1.26. The molecular formula is C37H44NOPS. The van der Waals surface area contributed by atoms with Gasteiger partial charge in [-0.25, -0.2) is 8.93 Å². The molecule has 4 aromatic carbocycles. The number of benzene rings is 4. The van der Waals surface area contributed by atoms with Crippen LogP contribution in [0.25, 0.3) is 0 Å². The van der Waals surface area contributed by atoms with Crippen molar-refractivity contribution >= 4 is 34.8 Å². The summed E-state index contributed by atoms with van der Waals surface area (Å²) < 4.78 is 17.0. The highest BCUT2D eigenvalue weighted by atomic mass is 32.2. The SMILES string of the molecule is CC1(C)CCC(C)(C)c2cc([C@@H](NS(=O)C(C)(C)C)c3ccccc3P(c3ccccc3)c3ccccc3)ccc21. The Hall–Kier alpha value is -2.58. The first-order chi connectivity index (χ1) is 19.4. The summed E-state index contributed by atoms with van der Waals surface area (Å²) in [4.78, 5) is 0. The van der Waals surface area contributed by atoms with E-state index in [9.17, 15) is 4.21 Å². The number of fused-ring (bicyclic) bond motifs is 1. The zero-order valence-corrected chi connectivity index (χ0v) is 27.3. The molecule has 0 saturated carbocycles. The highest BCUT2D eigenvalue weighted by molar-refractivity contribution is 7.84. The van der Waals surface area contributed by atoms with Gasteiger partial charge in [0.05, 0.1) is 21.8 Å². The molecule has 214 valence electrons. The molecule has 0 fully saturated rings. The van der Waals surface area contributed by atoms with Crippen molar-refractivity contribution in [3.8, 4) is 0 Å². The summed E-state index contributed by atoms with van der Waals surface area (Å²) in [6.07, 6.45) is 2.34. The van der Waals surface area contributed by atoms with Gasteiger partial charge < -0.3 is 0 Å². The lowest BCUT2D eigenvalue weighted by Crippen LogP contribution is -2.39. The van der Waals surface area contributed by atoms with E-state index >= 15 is 0 Å². The molecule has 41 heavy (non-hydrogen) atoms. The van der Waals surface area contributed by atoms with Crippen LogP contribution in [0.1, 0.15) is 89.6 Å². The highest BCUT2D eigenvalue weighted by Gasteiger charge is 2.38. The molecule has 1 aliphatic carbocycles. The summed E-state index contributed by atoms with van der Waals surface area (Å²) in [5.41, 5.74) is 5.47. The van der Waals surface area contributed by atoms with Crippen molar-refractivity contribution in [1.29, 1.82) is 0 Å². The molecule has 0 bridgehead atoms. The summed E-state index contributed by atoms with van der Waals surface area (Å²) >= 11 is 0. The van der Waals surface area contributed by atoms with Crippen molar-refractivity contribution < 1.29 is 4.21 Å². The zero-order chi connectivity index (χ0) is 29.4. The van der Waals surface area contributed by atoms with Gasteiger partial charge in [-0.2, -0.15) is 0 Å². The molecular weight excluding hydrogens is 537 g/mol. The van der Waals surface area contributed by atoms with Crippen LogP contribution in [0, 0.1) is 0 Å². The topological polar surface area (TPSA) is 29.1 Å². The maximum atomic E-state index is 13.8. The number of hydrogen-bond donors (Lipinski definition) is 1. The van der Waals surface area contributed by atoms with E-state index in [1.165, 1.54) is 44.6 Å². The lowest BCUT2D eigenvalue weighted by molar-refractivity contribution is 0.331. The molecule has 0 spiro atoms. The zero-order valence-electron chi connectivity index (χ0n) is 25.6. The number of rotatable bonds is 7. The van der Waals surface area contributed by atoms with Crippen molar-refractivity contribution in [2.75, 3.05) is 0 Å². The van der Waals surface area contributed by atoms with E-state index in [0.29, 0.717) is 0 Å². The molecule has 1 N–H and O–H groups in total. The average molecular weight is 582 g/mol. The standard InChI is InChI=1S/C37H44NOPS/c1-35(2,3)41(39)38-34(27-22-23-31-32(26-27)37(6,7)25-24-36(31,4)5)30-20-14-15-21-33(30)40(28-16-10-8-11-17-28)29-18-12-9-13-19-29/h8-23,26,34,38H,24-25H2,1-7H3/t34-,41?/m1/s1. The van der Waals surface area contributed by atoms with Gasteiger partial charge in [0, 0.05) is 0 Å². The summed E-state index contributed by atoms with van der Waals surface area (Å²) in [6.45, 7) is 15.6. The number of nitrogens with one attached hydrogen (secondary N) is 1. The van der Waals surface area contributed by atoms with E-state index < -0.39 is 23.7 Å². The molecule has 0 aliphatic heterocycles. The first-order valence-corrected chi connectivity index (χ1v) is 17.2. The summed E-state index contributed by atoms with van der Waals surface area (Å²) in [5.74, 6) is 0.